The van der Waals surface area contributed by atoms with Crippen LogP contribution in [-0.2, 0) is 0 Å². The first-order valence-electron chi connectivity index (χ1n) is 6.71. The molecule has 0 radical (unpaired) electrons. The van der Waals surface area contributed by atoms with Crippen molar-refractivity contribution in [1.29, 1.82) is 0 Å². The predicted molar refractivity (Wildman–Crippen MR) is 86.2 cm³/mol. The van der Waals surface area contributed by atoms with E-state index in [0.29, 0.717) is 18.5 Å². The molecule has 2 aromatic carbocycles. The van der Waals surface area contributed by atoms with E-state index >= 15 is 0 Å². The number of nitrogens with one attached hydrogen (secondary N) is 1. The predicted octanol–water partition coefficient (Wildman–Crippen LogP) is 3.91. The van der Waals surface area contributed by atoms with Gasteiger partial charge in [0.1, 0.15) is 0 Å². The summed E-state index contributed by atoms with van der Waals surface area (Å²) in [7, 11) is 0. The summed E-state index contributed by atoms with van der Waals surface area (Å²) < 4.78 is 0. The maximum atomic E-state index is 5.36. The van der Waals surface area contributed by atoms with E-state index < -0.39 is 0 Å². The molecule has 0 aliphatic heterocycles. The molecule has 2 heteroatoms. The second-order valence-corrected chi connectivity index (χ2v) is 4.97. The summed E-state index contributed by atoms with van der Waals surface area (Å²) in [5, 5.41) is 3.45. The molecule has 0 amide bonds. The molecular formula is C18H18ClN. The van der Waals surface area contributed by atoms with Crippen LogP contribution in [0.4, 0.5) is 0 Å². The molecule has 0 heterocycles. The fraction of sp³-hybridized carbons (Fsp3) is 0.222. The molecular weight excluding hydrogens is 266 g/mol. The average Bonchev–Trinajstić information content (AvgIpc) is 2.85. The number of rotatable bonds is 3. The van der Waals surface area contributed by atoms with Crippen molar-refractivity contribution in [1.82, 2.24) is 5.32 Å². The lowest BCUT2D eigenvalue weighted by atomic mass is 9.93. The lowest BCUT2D eigenvalue weighted by Gasteiger charge is -2.13. The summed E-state index contributed by atoms with van der Waals surface area (Å²) in [6.07, 6.45) is 6.45. The van der Waals surface area contributed by atoms with Gasteiger partial charge in [0, 0.05) is 12.0 Å². The first kappa shape index (κ1) is 14.7. The number of benzene rings is 2. The Kier molecular flexibility index (Phi) is 4.84. The first-order valence-corrected chi connectivity index (χ1v) is 6.71. The lowest BCUT2D eigenvalue weighted by molar-refractivity contribution is 0.546. The standard InChI is InChI=1S/C18H17N.ClH/c1-2-12-19-18-13-17(14-8-4-3-5-9-14)15-10-6-7-11-16(15)18;/h1,3-11,17-19H,12-13H2;1H. The third-order valence-electron chi connectivity index (χ3n) is 3.87. The fourth-order valence-electron chi connectivity index (χ4n) is 3.01. The summed E-state index contributed by atoms with van der Waals surface area (Å²) in [4.78, 5) is 0. The van der Waals surface area contributed by atoms with Crippen molar-refractivity contribution in [2.75, 3.05) is 6.54 Å². The minimum absolute atomic E-state index is 0. The summed E-state index contributed by atoms with van der Waals surface area (Å²) in [5.41, 5.74) is 4.22. The molecule has 0 saturated carbocycles. The Hall–Kier alpha value is -1.75. The van der Waals surface area contributed by atoms with E-state index in [1.165, 1.54) is 16.7 Å². The van der Waals surface area contributed by atoms with E-state index in [4.69, 9.17) is 6.42 Å². The Bertz CT molecular complexity index is 600. The highest BCUT2D eigenvalue weighted by molar-refractivity contribution is 5.85. The summed E-state index contributed by atoms with van der Waals surface area (Å²) in [6, 6.07) is 19.8. The molecule has 0 bridgehead atoms. The summed E-state index contributed by atoms with van der Waals surface area (Å²) in [5.74, 6) is 3.15. The zero-order chi connectivity index (χ0) is 13.1. The van der Waals surface area contributed by atoms with Crippen molar-refractivity contribution in [2.24, 2.45) is 0 Å². The fourth-order valence-corrected chi connectivity index (χ4v) is 3.01. The van der Waals surface area contributed by atoms with Gasteiger partial charge in [-0.1, -0.05) is 60.5 Å². The molecule has 0 aromatic heterocycles. The first-order chi connectivity index (χ1) is 9.40. The van der Waals surface area contributed by atoms with Gasteiger partial charge in [-0.25, -0.2) is 0 Å². The number of hydrogen-bond acceptors (Lipinski definition) is 1. The van der Waals surface area contributed by atoms with E-state index in [1.54, 1.807) is 0 Å². The molecule has 102 valence electrons. The van der Waals surface area contributed by atoms with Crippen molar-refractivity contribution in [3.05, 3.63) is 71.3 Å². The van der Waals surface area contributed by atoms with Crippen LogP contribution in [-0.4, -0.2) is 6.54 Å². The summed E-state index contributed by atoms with van der Waals surface area (Å²) >= 11 is 0. The second kappa shape index (κ2) is 6.61. The average molecular weight is 284 g/mol. The number of fused-ring (bicyclic) bond motifs is 1. The van der Waals surface area contributed by atoms with Crippen molar-refractivity contribution in [3.63, 3.8) is 0 Å². The molecule has 2 aromatic rings. The van der Waals surface area contributed by atoms with Crippen LogP contribution in [0, 0.1) is 12.3 Å². The van der Waals surface area contributed by atoms with Gasteiger partial charge in [0.2, 0.25) is 0 Å². The van der Waals surface area contributed by atoms with E-state index in [0.717, 1.165) is 6.42 Å². The molecule has 2 atom stereocenters. The largest absolute Gasteiger partial charge is 0.299 e. The van der Waals surface area contributed by atoms with Gasteiger partial charge in [-0.3, -0.25) is 5.32 Å². The maximum Gasteiger partial charge on any atom is 0.0578 e. The van der Waals surface area contributed by atoms with E-state index in [1.807, 2.05) is 0 Å². The molecule has 2 unspecified atom stereocenters. The zero-order valence-electron chi connectivity index (χ0n) is 11.3. The number of halogens is 1. The van der Waals surface area contributed by atoms with E-state index in [9.17, 15) is 0 Å². The summed E-state index contributed by atoms with van der Waals surface area (Å²) in [6.45, 7) is 0.626. The van der Waals surface area contributed by atoms with Gasteiger partial charge in [0.15, 0.2) is 0 Å². The van der Waals surface area contributed by atoms with Gasteiger partial charge in [-0.15, -0.1) is 18.8 Å². The van der Waals surface area contributed by atoms with E-state index in [2.05, 4.69) is 65.8 Å². The lowest BCUT2D eigenvalue weighted by Crippen LogP contribution is -2.19. The highest BCUT2D eigenvalue weighted by atomic mass is 35.5. The van der Waals surface area contributed by atoms with Crippen molar-refractivity contribution >= 4 is 12.4 Å². The second-order valence-electron chi connectivity index (χ2n) is 4.97. The molecule has 3 rings (SSSR count). The highest BCUT2D eigenvalue weighted by Gasteiger charge is 2.30. The molecule has 1 aliphatic carbocycles. The molecule has 0 fully saturated rings. The van der Waals surface area contributed by atoms with Crippen LogP contribution in [0.25, 0.3) is 0 Å². The third kappa shape index (κ3) is 2.72. The Morgan fingerprint density at radius 3 is 2.35 bits per heavy atom. The van der Waals surface area contributed by atoms with Gasteiger partial charge in [0.05, 0.1) is 6.54 Å². The molecule has 20 heavy (non-hydrogen) atoms. The number of terminal acetylenes is 1. The third-order valence-corrected chi connectivity index (χ3v) is 3.87. The van der Waals surface area contributed by atoms with Gasteiger partial charge in [-0.2, -0.15) is 0 Å². The molecule has 1 aliphatic rings. The number of hydrogen-bond donors (Lipinski definition) is 1. The molecule has 1 nitrogen and oxygen atoms in total. The molecule has 1 N–H and O–H groups in total. The van der Waals surface area contributed by atoms with Crippen molar-refractivity contribution in [3.8, 4) is 12.3 Å². The van der Waals surface area contributed by atoms with Crippen LogP contribution in [0.3, 0.4) is 0 Å². The van der Waals surface area contributed by atoms with E-state index in [-0.39, 0.29) is 12.4 Å². The van der Waals surface area contributed by atoms with Crippen LogP contribution in [0.15, 0.2) is 54.6 Å². The molecule has 0 saturated heterocycles. The minimum Gasteiger partial charge on any atom is -0.299 e. The maximum absolute atomic E-state index is 5.36. The van der Waals surface area contributed by atoms with Crippen LogP contribution in [0.2, 0.25) is 0 Å². The molecule has 0 spiro atoms. The smallest absolute Gasteiger partial charge is 0.0578 e. The van der Waals surface area contributed by atoms with Gasteiger partial charge in [0.25, 0.3) is 0 Å². The van der Waals surface area contributed by atoms with Crippen molar-refractivity contribution in [2.45, 2.75) is 18.4 Å². The SMILES string of the molecule is C#CCNC1CC(c2ccccc2)c2ccccc21.Cl. The topological polar surface area (TPSA) is 12.0 Å². The Morgan fingerprint density at radius 1 is 1.00 bits per heavy atom. The quantitative estimate of drug-likeness (QED) is 0.842. The Morgan fingerprint density at radius 2 is 1.65 bits per heavy atom. The van der Waals surface area contributed by atoms with Gasteiger partial charge < -0.3 is 0 Å². The Balaban J connectivity index is 0.00000147. The highest BCUT2D eigenvalue weighted by Crippen LogP contribution is 2.43. The Labute approximate surface area is 126 Å². The normalized spacial score (nSPS) is 19.8. The van der Waals surface area contributed by atoms with Crippen LogP contribution < -0.4 is 5.32 Å². The van der Waals surface area contributed by atoms with Crippen molar-refractivity contribution < 1.29 is 0 Å². The monoisotopic (exact) mass is 283 g/mol. The van der Waals surface area contributed by atoms with Crippen LogP contribution in [0.1, 0.15) is 35.1 Å². The zero-order valence-corrected chi connectivity index (χ0v) is 12.1. The van der Waals surface area contributed by atoms with Gasteiger partial charge in [-0.05, 0) is 23.1 Å². The van der Waals surface area contributed by atoms with Crippen LogP contribution >= 0.6 is 12.4 Å². The van der Waals surface area contributed by atoms with Crippen LogP contribution in [0.5, 0.6) is 0 Å². The van der Waals surface area contributed by atoms with Gasteiger partial charge >= 0.3 is 0 Å². The minimum atomic E-state index is 0.